The molecule has 0 aromatic rings. The highest BCUT2D eigenvalue weighted by Gasteiger charge is 2.16. The minimum atomic E-state index is 0.435. The number of terminal acetylenes is 1. The van der Waals surface area contributed by atoms with Gasteiger partial charge < -0.3 is 5.73 Å². The van der Waals surface area contributed by atoms with Gasteiger partial charge in [-0.25, -0.2) is 0 Å². The number of hydrogen-bond donors (Lipinski definition) is 1. The van der Waals surface area contributed by atoms with Gasteiger partial charge in [-0.1, -0.05) is 19.3 Å². The Hall–Kier alpha value is -0.480. The molecule has 1 unspecified atom stereocenters. The summed E-state index contributed by atoms with van der Waals surface area (Å²) in [6.45, 7) is 3.79. The molecule has 70 valence electrons. The lowest BCUT2D eigenvalue weighted by atomic mass is 9.85. The van der Waals surface area contributed by atoms with E-state index in [1.807, 2.05) is 0 Å². The van der Waals surface area contributed by atoms with E-state index in [0.29, 0.717) is 6.04 Å². The Morgan fingerprint density at radius 1 is 1.33 bits per heavy atom. The highest BCUT2D eigenvalue weighted by atomic mass is 14.6. The first-order chi connectivity index (χ1) is 5.72. The van der Waals surface area contributed by atoms with Crippen LogP contribution in [0, 0.1) is 18.3 Å². The maximum atomic E-state index is 5.77. The second-order valence-electron chi connectivity index (χ2n) is 3.55. The molecule has 0 aromatic heterocycles. The highest BCUT2D eigenvalue weighted by Crippen LogP contribution is 2.25. The van der Waals surface area contributed by atoms with E-state index in [9.17, 15) is 0 Å². The Morgan fingerprint density at radius 3 is 2.00 bits per heavy atom. The zero-order chi connectivity index (χ0) is 9.40. The van der Waals surface area contributed by atoms with Crippen molar-refractivity contribution in [1.82, 2.24) is 0 Å². The molecule has 12 heavy (non-hydrogen) atoms. The molecule has 0 spiro atoms. The van der Waals surface area contributed by atoms with E-state index in [1.165, 1.54) is 32.1 Å². The van der Waals surface area contributed by atoms with Crippen LogP contribution in [-0.2, 0) is 0 Å². The fourth-order valence-electron chi connectivity index (χ4n) is 1.66. The maximum absolute atomic E-state index is 5.77. The van der Waals surface area contributed by atoms with Crippen LogP contribution in [0.3, 0.4) is 0 Å². The lowest BCUT2D eigenvalue weighted by Crippen LogP contribution is -2.27. The Balaban J connectivity index is 0.000000354. The summed E-state index contributed by atoms with van der Waals surface area (Å²) in [5.74, 6) is 3.08. The van der Waals surface area contributed by atoms with Gasteiger partial charge in [0, 0.05) is 6.04 Å². The van der Waals surface area contributed by atoms with E-state index < -0.39 is 0 Å². The second kappa shape index (κ2) is 7.18. The topological polar surface area (TPSA) is 26.0 Å². The average molecular weight is 167 g/mol. The fourth-order valence-corrected chi connectivity index (χ4v) is 1.66. The smallest absolute Gasteiger partial charge is 0.00387 e. The molecule has 1 rings (SSSR count). The second-order valence-corrected chi connectivity index (χ2v) is 3.55. The van der Waals surface area contributed by atoms with E-state index in [1.54, 1.807) is 6.92 Å². The summed E-state index contributed by atoms with van der Waals surface area (Å²) in [7, 11) is 0. The Kier molecular flexibility index (Phi) is 6.90. The van der Waals surface area contributed by atoms with Crippen molar-refractivity contribution in [2.75, 3.05) is 0 Å². The van der Waals surface area contributed by atoms with Gasteiger partial charge in [-0.15, -0.1) is 12.3 Å². The maximum Gasteiger partial charge on any atom is 0.00387 e. The fraction of sp³-hybridized carbons (Fsp3) is 0.818. The molecular weight excluding hydrogens is 146 g/mol. The molecule has 0 aromatic carbocycles. The van der Waals surface area contributed by atoms with Crippen molar-refractivity contribution in [3.8, 4) is 12.3 Å². The molecule has 1 aliphatic carbocycles. The summed E-state index contributed by atoms with van der Waals surface area (Å²) in [5.41, 5.74) is 5.77. The molecule has 1 aliphatic rings. The molecule has 1 fully saturated rings. The third kappa shape index (κ3) is 5.21. The summed E-state index contributed by atoms with van der Waals surface area (Å²) < 4.78 is 0. The number of rotatable bonds is 1. The number of hydrogen-bond acceptors (Lipinski definition) is 1. The van der Waals surface area contributed by atoms with Crippen LogP contribution in [0.15, 0.2) is 0 Å². The van der Waals surface area contributed by atoms with Gasteiger partial charge >= 0.3 is 0 Å². The van der Waals surface area contributed by atoms with E-state index in [-0.39, 0.29) is 0 Å². The van der Waals surface area contributed by atoms with Crippen molar-refractivity contribution in [1.29, 1.82) is 0 Å². The van der Waals surface area contributed by atoms with E-state index in [2.05, 4.69) is 19.3 Å². The monoisotopic (exact) mass is 167 g/mol. The quantitative estimate of drug-likeness (QED) is 0.597. The van der Waals surface area contributed by atoms with Crippen molar-refractivity contribution in [2.24, 2.45) is 11.7 Å². The highest BCUT2D eigenvalue weighted by molar-refractivity contribution is 4.73. The first kappa shape index (κ1) is 11.5. The molecule has 0 heterocycles. The molecule has 1 atom stereocenters. The first-order valence-corrected chi connectivity index (χ1v) is 4.85. The predicted molar refractivity (Wildman–Crippen MR) is 54.7 cm³/mol. The molecule has 1 nitrogen and oxygen atoms in total. The van der Waals surface area contributed by atoms with Crippen LogP contribution in [-0.4, -0.2) is 6.04 Å². The van der Waals surface area contributed by atoms with Crippen LogP contribution >= 0.6 is 0 Å². The predicted octanol–water partition coefficient (Wildman–Crippen LogP) is 2.55. The normalized spacial score (nSPS) is 20.2. The third-order valence-electron chi connectivity index (χ3n) is 2.39. The van der Waals surface area contributed by atoms with Crippen LogP contribution in [0.4, 0.5) is 0 Å². The van der Waals surface area contributed by atoms with Crippen LogP contribution in [0.1, 0.15) is 46.0 Å². The Morgan fingerprint density at radius 2 is 1.75 bits per heavy atom. The van der Waals surface area contributed by atoms with Gasteiger partial charge in [0.25, 0.3) is 0 Å². The molecule has 1 heteroatoms. The van der Waals surface area contributed by atoms with Crippen molar-refractivity contribution < 1.29 is 0 Å². The minimum absolute atomic E-state index is 0.435. The van der Waals surface area contributed by atoms with Gasteiger partial charge in [0.2, 0.25) is 0 Å². The average Bonchev–Trinajstić information content (AvgIpc) is 2.07. The zero-order valence-electron chi connectivity index (χ0n) is 8.34. The van der Waals surface area contributed by atoms with Gasteiger partial charge in [0.15, 0.2) is 0 Å². The van der Waals surface area contributed by atoms with Crippen LogP contribution in [0.2, 0.25) is 0 Å². The summed E-state index contributed by atoms with van der Waals surface area (Å²) >= 11 is 0. The van der Waals surface area contributed by atoms with Crippen molar-refractivity contribution in [3.05, 3.63) is 0 Å². The van der Waals surface area contributed by atoms with Crippen molar-refractivity contribution in [2.45, 2.75) is 52.0 Å². The first-order valence-electron chi connectivity index (χ1n) is 4.85. The van der Waals surface area contributed by atoms with Crippen LogP contribution < -0.4 is 5.73 Å². The SMILES string of the molecule is C#CC.CC(N)C1CCCCC1. The molecule has 0 saturated heterocycles. The van der Waals surface area contributed by atoms with E-state index in [4.69, 9.17) is 5.73 Å². The van der Waals surface area contributed by atoms with Crippen molar-refractivity contribution >= 4 is 0 Å². The van der Waals surface area contributed by atoms with Crippen LogP contribution in [0.5, 0.6) is 0 Å². The molecule has 2 N–H and O–H groups in total. The minimum Gasteiger partial charge on any atom is -0.328 e. The Labute approximate surface area is 76.7 Å². The summed E-state index contributed by atoms with van der Waals surface area (Å²) in [6, 6.07) is 0.435. The lowest BCUT2D eigenvalue weighted by Gasteiger charge is -2.24. The summed E-state index contributed by atoms with van der Waals surface area (Å²) in [6.07, 6.45) is 11.6. The zero-order valence-corrected chi connectivity index (χ0v) is 8.34. The Bertz CT molecular complexity index is 126. The molecular formula is C11H21N. The molecule has 0 aliphatic heterocycles. The van der Waals surface area contributed by atoms with E-state index >= 15 is 0 Å². The summed E-state index contributed by atoms with van der Waals surface area (Å²) in [4.78, 5) is 0. The van der Waals surface area contributed by atoms with Gasteiger partial charge in [0.1, 0.15) is 0 Å². The largest absolute Gasteiger partial charge is 0.328 e. The molecule has 0 bridgehead atoms. The van der Waals surface area contributed by atoms with Crippen LogP contribution in [0.25, 0.3) is 0 Å². The van der Waals surface area contributed by atoms with Gasteiger partial charge in [-0.05, 0) is 32.6 Å². The van der Waals surface area contributed by atoms with E-state index in [0.717, 1.165) is 5.92 Å². The lowest BCUT2D eigenvalue weighted by molar-refractivity contribution is 0.316. The third-order valence-corrected chi connectivity index (χ3v) is 2.39. The molecule has 0 amide bonds. The van der Waals surface area contributed by atoms with Crippen molar-refractivity contribution in [3.63, 3.8) is 0 Å². The number of nitrogens with two attached hydrogens (primary N) is 1. The summed E-state index contributed by atoms with van der Waals surface area (Å²) in [5, 5.41) is 0. The van der Waals surface area contributed by atoms with Gasteiger partial charge in [-0.3, -0.25) is 0 Å². The molecule has 0 radical (unpaired) electrons. The van der Waals surface area contributed by atoms with Gasteiger partial charge in [-0.2, -0.15) is 0 Å². The van der Waals surface area contributed by atoms with Gasteiger partial charge in [0.05, 0.1) is 0 Å². The molecule has 1 saturated carbocycles. The standard InChI is InChI=1S/C8H17N.C3H4/c1-7(9)8-5-3-2-4-6-8;1-3-2/h7-8H,2-6,9H2,1H3;1H,2H3.